The Hall–Kier alpha value is -0.870. The van der Waals surface area contributed by atoms with Crippen molar-refractivity contribution in [2.75, 3.05) is 27.7 Å². The van der Waals surface area contributed by atoms with E-state index < -0.39 is 0 Å². The van der Waals surface area contributed by atoms with Gasteiger partial charge in [0.1, 0.15) is 0 Å². The summed E-state index contributed by atoms with van der Waals surface area (Å²) < 4.78 is 0. The summed E-state index contributed by atoms with van der Waals surface area (Å²) in [6.07, 6.45) is 1.75. The van der Waals surface area contributed by atoms with Gasteiger partial charge in [0.25, 0.3) is 0 Å². The van der Waals surface area contributed by atoms with E-state index in [1.165, 1.54) is 0 Å². The van der Waals surface area contributed by atoms with E-state index in [0.29, 0.717) is 6.04 Å². The Morgan fingerprint density at radius 3 is 2.69 bits per heavy atom. The molecule has 13 heavy (non-hydrogen) atoms. The van der Waals surface area contributed by atoms with Crippen LogP contribution in [0.1, 0.15) is 17.4 Å². The third-order valence-electron chi connectivity index (χ3n) is 2.21. The number of likely N-dealkylation sites (N-methyl/N-ethyl adjacent to an activating group) is 2. The molecule has 0 saturated heterocycles. The van der Waals surface area contributed by atoms with E-state index in [1.807, 2.05) is 7.05 Å². The van der Waals surface area contributed by atoms with Crippen LogP contribution in [-0.2, 0) is 0 Å². The second-order valence-electron chi connectivity index (χ2n) is 3.45. The van der Waals surface area contributed by atoms with Crippen LogP contribution in [0.4, 0.5) is 0 Å². The van der Waals surface area contributed by atoms with Gasteiger partial charge in [0.15, 0.2) is 0 Å². The van der Waals surface area contributed by atoms with E-state index in [9.17, 15) is 0 Å². The van der Waals surface area contributed by atoms with Crippen LogP contribution in [0.5, 0.6) is 0 Å². The molecule has 1 aromatic rings. The largest absolute Gasteiger partial charge is 0.348 e. The Labute approximate surface area is 79.4 Å². The summed E-state index contributed by atoms with van der Waals surface area (Å²) >= 11 is 0. The number of nitrogens with zero attached hydrogens (tertiary/aromatic N) is 2. The van der Waals surface area contributed by atoms with Crippen LogP contribution in [0.2, 0.25) is 0 Å². The second kappa shape index (κ2) is 4.39. The summed E-state index contributed by atoms with van der Waals surface area (Å²) in [7, 11) is 6.09. The molecule has 0 saturated carbocycles. The second-order valence-corrected chi connectivity index (χ2v) is 3.45. The number of hydrogen-bond donors (Lipinski definition) is 2. The summed E-state index contributed by atoms with van der Waals surface area (Å²) in [5, 5.41) is 3.17. The molecular weight excluding hydrogens is 164 g/mol. The van der Waals surface area contributed by atoms with Gasteiger partial charge >= 0.3 is 0 Å². The van der Waals surface area contributed by atoms with Gasteiger partial charge in [-0.1, -0.05) is 0 Å². The normalized spacial score (nSPS) is 13.6. The molecule has 1 rings (SSSR count). The highest BCUT2D eigenvalue weighted by atomic mass is 15.1. The molecule has 0 aliphatic carbocycles. The third-order valence-corrected chi connectivity index (χ3v) is 2.21. The summed E-state index contributed by atoms with van der Waals surface area (Å²) in [4.78, 5) is 9.58. The van der Waals surface area contributed by atoms with Gasteiger partial charge in [-0.3, -0.25) is 4.90 Å². The van der Waals surface area contributed by atoms with Crippen LogP contribution in [-0.4, -0.2) is 42.6 Å². The Morgan fingerprint density at radius 2 is 2.31 bits per heavy atom. The standard InChI is InChI=1S/C9H18N4/c1-7-9(12-6-11-7)8(5-10-2)13(3)4/h6,8,10H,5H2,1-4H3,(H,11,12). The highest BCUT2D eigenvalue weighted by molar-refractivity contribution is 5.14. The zero-order chi connectivity index (χ0) is 9.84. The molecule has 1 heterocycles. The Bertz CT molecular complexity index is 254. The fourth-order valence-corrected chi connectivity index (χ4v) is 1.42. The van der Waals surface area contributed by atoms with Crippen LogP contribution in [0.25, 0.3) is 0 Å². The van der Waals surface area contributed by atoms with Crippen molar-refractivity contribution in [3.63, 3.8) is 0 Å². The Kier molecular flexibility index (Phi) is 3.45. The number of nitrogens with one attached hydrogen (secondary N) is 2. The molecule has 1 aromatic heterocycles. The topological polar surface area (TPSA) is 44.0 Å². The number of rotatable bonds is 4. The maximum atomic E-state index is 4.32. The SMILES string of the molecule is CNCC(c1nc[nH]c1C)N(C)C. The lowest BCUT2D eigenvalue weighted by Crippen LogP contribution is -2.29. The molecule has 0 aromatic carbocycles. The van der Waals surface area contributed by atoms with Crippen molar-refractivity contribution in [2.24, 2.45) is 0 Å². The van der Waals surface area contributed by atoms with Gasteiger partial charge in [0, 0.05) is 12.2 Å². The lowest BCUT2D eigenvalue weighted by molar-refractivity contribution is 0.288. The molecule has 0 bridgehead atoms. The van der Waals surface area contributed by atoms with Gasteiger partial charge in [-0.2, -0.15) is 0 Å². The first-order valence-electron chi connectivity index (χ1n) is 4.47. The Balaban J connectivity index is 2.82. The molecule has 1 unspecified atom stereocenters. The number of aromatic nitrogens is 2. The average molecular weight is 182 g/mol. The van der Waals surface area contributed by atoms with Gasteiger partial charge in [0.2, 0.25) is 0 Å². The van der Waals surface area contributed by atoms with E-state index in [-0.39, 0.29) is 0 Å². The molecule has 0 fully saturated rings. The van der Waals surface area contributed by atoms with E-state index >= 15 is 0 Å². The van der Waals surface area contributed by atoms with Crippen LogP contribution >= 0.6 is 0 Å². The lowest BCUT2D eigenvalue weighted by atomic mass is 10.1. The van der Waals surface area contributed by atoms with E-state index in [4.69, 9.17) is 0 Å². The molecule has 0 aliphatic heterocycles. The van der Waals surface area contributed by atoms with Crippen molar-refractivity contribution >= 4 is 0 Å². The van der Waals surface area contributed by atoms with Crippen molar-refractivity contribution in [2.45, 2.75) is 13.0 Å². The zero-order valence-corrected chi connectivity index (χ0v) is 8.76. The number of H-pyrrole nitrogens is 1. The quantitative estimate of drug-likeness (QED) is 0.714. The monoisotopic (exact) mass is 182 g/mol. The molecule has 0 radical (unpaired) electrons. The van der Waals surface area contributed by atoms with E-state index in [1.54, 1.807) is 6.33 Å². The number of aryl methyl sites for hydroxylation is 1. The predicted octanol–water partition coefficient (Wildman–Crippen LogP) is 0.540. The number of imidazole rings is 1. The highest BCUT2D eigenvalue weighted by Gasteiger charge is 2.17. The predicted molar refractivity (Wildman–Crippen MR) is 53.7 cm³/mol. The first-order valence-corrected chi connectivity index (χ1v) is 4.47. The summed E-state index contributed by atoms with van der Waals surface area (Å²) in [6, 6.07) is 0.344. The fraction of sp³-hybridized carbons (Fsp3) is 0.667. The fourth-order valence-electron chi connectivity index (χ4n) is 1.42. The van der Waals surface area contributed by atoms with Crippen molar-refractivity contribution < 1.29 is 0 Å². The van der Waals surface area contributed by atoms with Crippen LogP contribution in [0, 0.1) is 6.92 Å². The molecule has 0 amide bonds. The van der Waals surface area contributed by atoms with Gasteiger partial charge in [-0.15, -0.1) is 0 Å². The minimum Gasteiger partial charge on any atom is -0.348 e. The molecule has 2 N–H and O–H groups in total. The van der Waals surface area contributed by atoms with Gasteiger partial charge in [-0.05, 0) is 28.1 Å². The molecule has 0 spiro atoms. The van der Waals surface area contributed by atoms with Crippen LogP contribution in [0.3, 0.4) is 0 Å². The first kappa shape index (κ1) is 10.2. The minimum atomic E-state index is 0.344. The van der Waals surface area contributed by atoms with Crippen molar-refractivity contribution in [3.8, 4) is 0 Å². The van der Waals surface area contributed by atoms with E-state index in [2.05, 4.69) is 41.2 Å². The van der Waals surface area contributed by atoms with E-state index in [0.717, 1.165) is 17.9 Å². The maximum Gasteiger partial charge on any atom is 0.0925 e. The molecular formula is C9H18N4. The van der Waals surface area contributed by atoms with Crippen LogP contribution < -0.4 is 5.32 Å². The zero-order valence-electron chi connectivity index (χ0n) is 8.76. The highest BCUT2D eigenvalue weighted by Crippen LogP contribution is 2.17. The average Bonchev–Trinajstić information content (AvgIpc) is 2.47. The minimum absolute atomic E-state index is 0.344. The van der Waals surface area contributed by atoms with Crippen molar-refractivity contribution in [1.29, 1.82) is 0 Å². The molecule has 4 heteroatoms. The van der Waals surface area contributed by atoms with Crippen LogP contribution in [0.15, 0.2) is 6.33 Å². The maximum absolute atomic E-state index is 4.32. The van der Waals surface area contributed by atoms with Crippen molar-refractivity contribution in [3.05, 3.63) is 17.7 Å². The summed E-state index contributed by atoms with van der Waals surface area (Å²) in [5.41, 5.74) is 2.27. The third kappa shape index (κ3) is 2.29. The first-order chi connectivity index (χ1) is 6.16. The molecule has 0 aliphatic rings. The van der Waals surface area contributed by atoms with Gasteiger partial charge < -0.3 is 10.3 Å². The van der Waals surface area contributed by atoms with Gasteiger partial charge in [0.05, 0.1) is 18.1 Å². The van der Waals surface area contributed by atoms with Crippen molar-refractivity contribution in [1.82, 2.24) is 20.2 Å². The summed E-state index contributed by atoms with van der Waals surface area (Å²) in [5.74, 6) is 0. The molecule has 4 nitrogen and oxygen atoms in total. The number of aromatic amines is 1. The van der Waals surface area contributed by atoms with Gasteiger partial charge in [-0.25, -0.2) is 4.98 Å². The number of hydrogen-bond acceptors (Lipinski definition) is 3. The molecule has 1 atom stereocenters. The summed E-state index contributed by atoms with van der Waals surface area (Å²) in [6.45, 7) is 2.97. The lowest BCUT2D eigenvalue weighted by Gasteiger charge is -2.22. The Morgan fingerprint density at radius 1 is 1.62 bits per heavy atom. The smallest absolute Gasteiger partial charge is 0.0925 e. The molecule has 74 valence electrons.